The standard InChI is InChI=1S/C19H20N2O4/c1-3-8-18(23)20-15-10-5-6-11-16(15)21-19(24)14-9-4-7-12-17(14)25-13(2)22/h4-7,9-12H,3,8H2,1-2H3,(H,20,23)(H,21,24). The quantitative estimate of drug-likeness (QED) is 0.621. The minimum atomic E-state index is -0.507. The molecule has 0 bridgehead atoms. The molecule has 0 saturated carbocycles. The van der Waals surface area contributed by atoms with Crippen molar-refractivity contribution < 1.29 is 19.1 Å². The van der Waals surface area contributed by atoms with Crippen molar-refractivity contribution in [1.29, 1.82) is 0 Å². The van der Waals surface area contributed by atoms with Crippen LogP contribution in [-0.4, -0.2) is 17.8 Å². The lowest BCUT2D eigenvalue weighted by Gasteiger charge is -2.13. The van der Waals surface area contributed by atoms with Gasteiger partial charge in [-0.1, -0.05) is 31.2 Å². The number of amides is 2. The zero-order valence-corrected chi connectivity index (χ0v) is 14.2. The molecule has 0 atom stereocenters. The molecule has 2 N–H and O–H groups in total. The van der Waals surface area contributed by atoms with E-state index in [2.05, 4.69) is 10.6 Å². The van der Waals surface area contributed by atoms with Gasteiger partial charge in [-0.25, -0.2) is 0 Å². The van der Waals surface area contributed by atoms with Crippen LogP contribution in [-0.2, 0) is 9.59 Å². The Bertz CT molecular complexity index is 786. The number of carbonyl (C=O) groups excluding carboxylic acids is 3. The Labute approximate surface area is 146 Å². The summed E-state index contributed by atoms with van der Waals surface area (Å²) in [4.78, 5) is 35.6. The van der Waals surface area contributed by atoms with Crippen LogP contribution >= 0.6 is 0 Å². The van der Waals surface area contributed by atoms with Crippen LogP contribution in [0.3, 0.4) is 0 Å². The van der Waals surface area contributed by atoms with E-state index in [0.29, 0.717) is 17.8 Å². The molecule has 2 amide bonds. The lowest BCUT2D eigenvalue weighted by Crippen LogP contribution is -2.17. The Balaban J connectivity index is 2.22. The third kappa shape index (κ3) is 5.17. The average Bonchev–Trinajstić information content (AvgIpc) is 2.56. The first-order valence-corrected chi connectivity index (χ1v) is 7.99. The van der Waals surface area contributed by atoms with Crippen molar-refractivity contribution in [3.63, 3.8) is 0 Å². The molecule has 0 heterocycles. The van der Waals surface area contributed by atoms with Gasteiger partial charge in [0.25, 0.3) is 5.91 Å². The van der Waals surface area contributed by atoms with Gasteiger partial charge in [-0.2, -0.15) is 0 Å². The van der Waals surface area contributed by atoms with Gasteiger partial charge in [0.15, 0.2) is 0 Å². The van der Waals surface area contributed by atoms with E-state index < -0.39 is 11.9 Å². The molecule has 2 rings (SSSR count). The first-order valence-electron chi connectivity index (χ1n) is 7.99. The van der Waals surface area contributed by atoms with Crippen molar-refractivity contribution in [2.45, 2.75) is 26.7 Å². The van der Waals surface area contributed by atoms with Gasteiger partial charge < -0.3 is 15.4 Å². The minimum absolute atomic E-state index is 0.121. The topological polar surface area (TPSA) is 84.5 Å². The first-order chi connectivity index (χ1) is 12.0. The maximum Gasteiger partial charge on any atom is 0.308 e. The first kappa shape index (κ1) is 18.2. The number of anilines is 2. The van der Waals surface area contributed by atoms with Crippen LogP contribution in [0, 0.1) is 0 Å². The van der Waals surface area contributed by atoms with Gasteiger partial charge in [0, 0.05) is 13.3 Å². The number of para-hydroxylation sites is 3. The number of esters is 1. The number of benzene rings is 2. The average molecular weight is 340 g/mol. The van der Waals surface area contributed by atoms with Crippen molar-refractivity contribution >= 4 is 29.2 Å². The summed E-state index contributed by atoms with van der Waals surface area (Å²) in [6, 6.07) is 13.4. The van der Waals surface area contributed by atoms with Gasteiger partial charge in [0.05, 0.1) is 16.9 Å². The van der Waals surface area contributed by atoms with Crippen molar-refractivity contribution in [2.75, 3.05) is 10.6 Å². The zero-order valence-electron chi connectivity index (χ0n) is 14.2. The fourth-order valence-corrected chi connectivity index (χ4v) is 2.23. The summed E-state index contributed by atoms with van der Waals surface area (Å²) in [6.07, 6.45) is 1.13. The van der Waals surface area contributed by atoms with Crippen LogP contribution in [0.5, 0.6) is 5.75 Å². The van der Waals surface area contributed by atoms with Crippen LogP contribution in [0.2, 0.25) is 0 Å². The Morgan fingerprint density at radius 2 is 1.52 bits per heavy atom. The maximum atomic E-state index is 12.6. The molecule has 0 aliphatic heterocycles. The number of hydrogen-bond acceptors (Lipinski definition) is 4. The number of carbonyl (C=O) groups is 3. The molecule has 0 fully saturated rings. The second kappa shape index (κ2) is 8.63. The van der Waals surface area contributed by atoms with E-state index in [1.165, 1.54) is 6.92 Å². The van der Waals surface area contributed by atoms with E-state index in [1.807, 2.05) is 6.92 Å². The van der Waals surface area contributed by atoms with Crippen LogP contribution < -0.4 is 15.4 Å². The second-order valence-corrected chi connectivity index (χ2v) is 5.39. The van der Waals surface area contributed by atoms with Crippen molar-refractivity contribution in [1.82, 2.24) is 0 Å². The van der Waals surface area contributed by atoms with Crippen molar-refractivity contribution in [3.05, 3.63) is 54.1 Å². The fourth-order valence-electron chi connectivity index (χ4n) is 2.23. The highest BCUT2D eigenvalue weighted by Crippen LogP contribution is 2.24. The lowest BCUT2D eigenvalue weighted by molar-refractivity contribution is -0.131. The van der Waals surface area contributed by atoms with Gasteiger partial charge in [-0.3, -0.25) is 14.4 Å². The van der Waals surface area contributed by atoms with Gasteiger partial charge in [-0.05, 0) is 30.7 Å². The Kier molecular flexibility index (Phi) is 6.28. The van der Waals surface area contributed by atoms with Gasteiger partial charge in [0.2, 0.25) is 5.91 Å². The molecule has 0 aliphatic carbocycles. The molecular formula is C19H20N2O4. The Hall–Kier alpha value is -3.15. The van der Waals surface area contributed by atoms with Crippen LogP contribution in [0.4, 0.5) is 11.4 Å². The summed E-state index contributed by atoms with van der Waals surface area (Å²) < 4.78 is 5.06. The number of nitrogens with one attached hydrogen (secondary N) is 2. The van der Waals surface area contributed by atoms with Crippen LogP contribution in [0.25, 0.3) is 0 Å². The molecule has 0 aliphatic rings. The highest BCUT2D eigenvalue weighted by atomic mass is 16.5. The molecule has 0 radical (unpaired) electrons. The molecule has 2 aromatic carbocycles. The van der Waals surface area contributed by atoms with Gasteiger partial charge >= 0.3 is 5.97 Å². The normalized spacial score (nSPS) is 10.0. The largest absolute Gasteiger partial charge is 0.426 e. The smallest absolute Gasteiger partial charge is 0.308 e. The summed E-state index contributed by atoms with van der Waals surface area (Å²) in [5.74, 6) is -0.883. The molecule has 0 aromatic heterocycles. The summed E-state index contributed by atoms with van der Waals surface area (Å²) in [7, 11) is 0. The monoisotopic (exact) mass is 340 g/mol. The highest BCUT2D eigenvalue weighted by Gasteiger charge is 2.15. The molecule has 6 nitrogen and oxygen atoms in total. The molecule has 0 unspecified atom stereocenters. The SMILES string of the molecule is CCCC(=O)Nc1ccccc1NC(=O)c1ccccc1OC(C)=O. The predicted molar refractivity (Wildman–Crippen MR) is 95.7 cm³/mol. The molecule has 6 heteroatoms. The van der Waals surface area contributed by atoms with Crippen molar-refractivity contribution in [2.24, 2.45) is 0 Å². The fraction of sp³-hybridized carbons (Fsp3) is 0.211. The van der Waals surface area contributed by atoms with Crippen LogP contribution in [0.15, 0.2) is 48.5 Å². The zero-order chi connectivity index (χ0) is 18.2. The highest BCUT2D eigenvalue weighted by molar-refractivity contribution is 6.09. The van der Waals surface area contributed by atoms with E-state index >= 15 is 0 Å². The van der Waals surface area contributed by atoms with E-state index in [-0.39, 0.29) is 17.2 Å². The van der Waals surface area contributed by atoms with E-state index in [9.17, 15) is 14.4 Å². The molecule has 0 spiro atoms. The molecular weight excluding hydrogens is 320 g/mol. The minimum Gasteiger partial charge on any atom is -0.426 e. The van der Waals surface area contributed by atoms with Gasteiger partial charge in [0.1, 0.15) is 5.75 Å². The van der Waals surface area contributed by atoms with E-state index in [1.54, 1.807) is 48.5 Å². The summed E-state index contributed by atoms with van der Waals surface area (Å²) in [5, 5.41) is 5.52. The van der Waals surface area contributed by atoms with E-state index in [0.717, 1.165) is 6.42 Å². The third-order valence-electron chi connectivity index (χ3n) is 3.31. The third-order valence-corrected chi connectivity index (χ3v) is 3.31. The number of ether oxygens (including phenoxy) is 1. The maximum absolute atomic E-state index is 12.6. The Morgan fingerprint density at radius 1 is 0.920 bits per heavy atom. The number of hydrogen-bond donors (Lipinski definition) is 2. The molecule has 2 aromatic rings. The summed E-state index contributed by atoms with van der Waals surface area (Å²) in [5.41, 5.74) is 1.21. The van der Waals surface area contributed by atoms with Crippen molar-refractivity contribution in [3.8, 4) is 5.75 Å². The van der Waals surface area contributed by atoms with Crippen LogP contribution in [0.1, 0.15) is 37.0 Å². The van der Waals surface area contributed by atoms with E-state index in [4.69, 9.17) is 4.74 Å². The summed E-state index contributed by atoms with van der Waals surface area (Å²) >= 11 is 0. The Morgan fingerprint density at radius 3 is 2.16 bits per heavy atom. The molecule has 0 saturated heterocycles. The van der Waals surface area contributed by atoms with Gasteiger partial charge in [-0.15, -0.1) is 0 Å². The molecule has 25 heavy (non-hydrogen) atoms. The summed E-state index contributed by atoms with van der Waals surface area (Å²) in [6.45, 7) is 3.19. The number of rotatable bonds is 6. The lowest BCUT2D eigenvalue weighted by atomic mass is 10.1. The predicted octanol–water partition coefficient (Wildman–Crippen LogP) is 3.60. The molecule has 130 valence electrons. The second-order valence-electron chi connectivity index (χ2n) is 5.39.